The van der Waals surface area contributed by atoms with Gasteiger partial charge < -0.3 is 14.8 Å². The fraction of sp³-hybridized carbons (Fsp3) is 1.00. The summed E-state index contributed by atoms with van der Waals surface area (Å²) in [7, 11) is 0. The number of hydrogen-bond acceptors (Lipinski definition) is 3. The highest BCUT2D eigenvalue weighted by molar-refractivity contribution is 4.85. The van der Waals surface area contributed by atoms with E-state index in [1.807, 2.05) is 0 Å². The molecule has 0 aromatic carbocycles. The Morgan fingerprint density at radius 1 is 1.38 bits per heavy atom. The predicted molar refractivity (Wildman–Crippen MR) is 50.8 cm³/mol. The summed E-state index contributed by atoms with van der Waals surface area (Å²) in [6.07, 6.45) is 4.61. The molecule has 1 saturated heterocycles. The van der Waals surface area contributed by atoms with E-state index in [2.05, 4.69) is 12.2 Å². The van der Waals surface area contributed by atoms with Crippen LogP contribution in [0.15, 0.2) is 0 Å². The summed E-state index contributed by atoms with van der Waals surface area (Å²) in [4.78, 5) is 0. The number of likely N-dealkylation sites (N-methyl/N-ethyl adjacent to an activating group) is 1. The maximum Gasteiger partial charge on any atom is 0.105 e. The molecule has 0 amide bonds. The summed E-state index contributed by atoms with van der Waals surface area (Å²) in [5.41, 5.74) is 0. The van der Waals surface area contributed by atoms with Gasteiger partial charge in [-0.2, -0.15) is 0 Å². The highest BCUT2D eigenvalue weighted by Gasteiger charge is 2.31. The van der Waals surface area contributed by atoms with Crippen molar-refractivity contribution in [1.82, 2.24) is 5.32 Å². The van der Waals surface area contributed by atoms with Crippen molar-refractivity contribution in [1.29, 1.82) is 0 Å². The molecule has 1 heterocycles. The van der Waals surface area contributed by atoms with Gasteiger partial charge in [0, 0.05) is 6.04 Å². The quantitative estimate of drug-likeness (QED) is 0.707. The molecule has 13 heavy (non-hydrogen) atoms. The van der Waals surface area contributed by atoms with Crippen LogP contribution in [0, 0.1) is 0 Å². The van der Waals surface area contributed by atoms with Crippen LogP contribution in [0.25, 0.3) is 0 Å². The van der Waals surface area contributed by atoms with Gasteiger partial charge in [0.2, 0.25) is 0 Å². The van der Waals surface area contributed by atoms with E-state index in [0.717, 1.165) is 19.8 Å². The molecule has 1 saturated carbocycles. The van der Waals surface area contributed by atoms with Crippen LogP contribution in [0.2, 0.25) is 0 Å². The molecule has 0 spiro atoms. The molecule has 76 valence electrons. The fourth-order valence-corrected chi connectivity index (χ4v) is 2.12. The second-order valence-electron chi connectivity index (χ2n) is 3.93. The lowest BCUT2D eigenvalue weighted by Gasteiger charge is -2.31. The monoisotopic (exact) mass is 185 g/mol. The van der Waals surface area contributed by atoms with Crippen LogP contribution < -0.4 is 5.32 Å². The lowest BCUT2D eigenvalue weighted by atomic mass is 10.2. The summed E-state index contributed by atoms with van der Waals surface area (Å²) >= 11 is 0. The minimum atomic E-state index is 0.379. The third kappa shape index (κ3) is 2.22. The molecule has 2 fully saturated rings. The largest absolute Gasteiger partial charge is 0.376 e. The van der Waals surface area contributed by atoms with Gasteiger partial charge in [-0.1, -0.05) is 6.92 Å². The zero-order chi connectivity index (χ0) is 9.10. The Morgan fingerprint density at radius 2 is 2.23 bits per heavy atom. The van der Waals surface area contributed by atoms with Crippen LogP contribution in [0.5, 0.6) is 0 Å². The maximum absolute atomic E-state index is 5.92. The van der Waals surface area contributed by atoms with Crippen LogP contribution in [0.4, 0.5) is 0 Å². The summed E-state index contributed by atoms with van der Waals surface area (Å²) in [6.45, 7) is 4.80. The van der Waals surface area contributed by atoms with Crippen LogP contribution in [-0.4, -0.2) is 38.0 Å². The molecule has 1 aliphatic carbocycles. The van der Waals surface area contributed by atoms with Crippen molar-refractivity contribution in [3.8, 4) is 0 Å². The zero-order valence-electron chi connectivity index (χ0n) is 8.29. The van der Waals surface area contributed by atoms with Gasteiger partial charge in [-0.25, -0.2) is 0 Å². The number of hydrogen-bond donors (Lipinski definition) is 1. The van der Waals surface area contributed by atoms with Crippen molar-refractivity contribution >= 4 is 0 Å². The molecule has 0 aromatic heterocycles. The van der Waals surface area contributed by atoms with Gasteiger partial charge in [0.25, 0.3) is 0 Å². The highest BCUT2D eigenvalue weighted by Crippen LogP contribution is 2.24. The first-order valence-corrected chi connectivity index (χ1v) is 5.36. The normalized spacial score (nSPS) is 34.8. The highest BCUT2D eigenvalue weighted by atomic mass is 16.6. The number of nitrogens with one attached hydrogen (secondary N) is 1. The molecular weight excluding hydrogens is 166 g/mol. The van der Waals surface area contributed by atoms with Crippen LogP contribution in [0.3, 0.4) is 0 Å². The van der Waals surface area contributed by atoms with Crippen LogP contribution in [-0.2, 0) is 9.47 Å². The van der Waals surface area contributed by atoms with E-state index in [1.165, 1.54) is 19.3 Å². The van der Waals surface area contributed by atoms with E-state index >= 15 is 0 Å². The average molecular weight is 185 g/mol. The summed E-state index contributed by atoms with van der Waals surface area (Å²) in [5, 5.41) is 3.48. The fourth-order valence-electron chi connectivity index (χ4n) is 2.12. The molecule has 3 nitrogen and oxygen atoms in total. The van der Waals surface area contributed by atoms with Crippen molar-refractivity contribution < 1.29 is 9.47 Å². The lowest BCUT2D eigenvalue weighted by molar-refractivity contribution is -0.156. The molecule has 2 unspecified atom stereocenters. The Balaban J connectivity index is 1.75. The van der Waals surface area contributed by atoms with Crippen molar-refractivity contribution in [3.63, 3.8) is 0 Å². The van der Waals surface area contributed by atoms with E-state index in [1.54, 1.807) is 0 Å². The van der Waals surface area contributed by atoms with Crippen molar-refractivity contribution in [2.75, 3.05) is 19.8 Å². The minimum Gasteiger partial charge on any atom is -0.376 e. The Labute approximate surface area is 79.8 Å². The summed E-state index contributed by atoms with van der Waals surface area (Å²) < 4.78 is 11.0. The molecule has 0 bridgehead atoms. The van der Waals surface area contributed by atoms with E-state index in [9.17, 15) is 0 Å². The third-order valence-electron chi connectivity index (χ3n) is 2.89. The second-order valence-corrected chi connectivity index (χ2v) is 3.93. The second kappa shape index (κ2) is 4.40. The predicted octanol–water partition coefficient (Wildman–Crippen LogP) is 0.932. The molecule has 1 N–H and O–H groups in total. The molecule has 2 aliphatic rings. The molecule has 2 atom stereocenters. The van der Waals surface area contributed by atoms with Gasteiger partial charge in [0.1, 0.15) is 6.10 Å². The first-order chi connectivity index (χ1) is 6.40. The van der Waals surface area contributed by atoms with E-state index in [-0.39, 0.29) is 0 Å². The smallest absolute Gasteiger partial charge is 0.105 e. The summed E-state index contributed by atoms with van der Waals surface area (Å²) in [6, 6.07) is 0.589. The van der Waals surface area contributed by atoms with E-state index in [4.69, 9.17) is 9.47 Å². The topological polar surface area (TPSA) is 30.5 Å². The van der Waals surface area contributed by atoms with Gasteiger partial charge in [0.15, 0.2) is 0 Å². The molecule has 0 aromatic rings. The molecule has 3 heteroatoms. The van der Waals surface area contributed by atoms with Gasteiger partial charge >= 0.3 is 0 Å². The summed E-state index contributed by atoms with van der Waals surface area (Å²) in [5.74, 6) is 0. The Hall–Kier alpha value is -0.120. The van der Waals surface area contributed by atoms with Gasteiger partial charge in [-0.15, -0.1) is 0 Å². The van der Waals surface area contributed by atoms with Gasteiger partial charge in [0.05, 0.1) is 19.3 Å². The lowest BCUT2D eigenvalue weighted by Crippen LogP contribution is -2.44. The molecule has 1 aliphatic heterocycles. The zero-order valence-corrected chi connectivity index (χ0v) is 8.29. The third-order valence-corrected chi connectivity index (χ3v) is 2.89. The SMILES string of the molecule is CCNC1CCCC1OC1COC1. The average Bonchev–Trinajstić information content (AvgIpc) is 2.46. The number of ether oxygens (including phenoxy) is 2. The van der Waals surface area contributed by atoms with Crippen molar-refractivity contribution in [3.05, 3.63) is 0 Å². The number of rotatable bonds is 4. The Kier molecular flexibility index (Phi) is 3.19. The first-order valence-electron chi connectivity index (χ1n) is 5.36. The first kappa shape index (κ1) is 9.44. The minimum absolute atomic E-state index is 0.379. The van der Waals surface area contributed by atoms with Crippen molar-refractivity contribution in [2.45, 2.75) is 44.4 Å². The van der Waals surface area contributed by atoms with E-state index in [0.29, 0.717) is 18.2 Å². The molecular formula is C10H19NO2. The van der Waals surface area contributed by atoms with Gasteiger partial charge in [-0.05, 0) is 25.8 Å². The van der Waals surface area contributed by atoms with Crippen LogP contribution in [0.1, 0.15) is 26.2 Å². The Bertz CT molecular complexity index is 159. The van der Waals surface area contributed by atoms with Crippen molar-refractivity contribution in [2.24, 2.45) is 0 Å². The maximum atomic E-state index is 5.92. The standard InChI is InChI=1S/C10H19NO2/c1-2-11-9-4-3-5-10(9)13-8-6-12-7-8/h8-11H,2-7H2,1H3. The Morgan fingerprint density at radius 3 is 2.85 bits per heavy atom. The van der Waals surface area contributed by atoms with E-state index < -0.39 is 0 Å². The molecule has 2 rings (SSSR count). The molecule has 0 radical (unpaired) electrons. The van der Waals surface area contributed by atoms with Crippen LogP contribution >= 0.6 is 0 Å². The van der Waals surface area contributed by atoms with Gasteiger partial charge in [-0.3, -0.25) is 0 Å².